The van der Waals surface area contributed by atoms with Crippen molar-refractivity contribution in [3.05, 3.63) is 30.1 Å². The van der Waals surface area contributed by atoms with E-state index in [0.29, 0.717) is 0 Å². The van der Waals surface area contributed by atoms with Gasteiger partial charge in [0, 0.05) is 6.07 Å². The Morgan fingerprint density at radius 1 is 1.50 bits per heavy atom. The summed E-state index contributed by atoms with van der Waals surface area (Å²) in [6.07, 6.45) is -2.00. The lowest BCUT2D eigenvalue weighted by Gasteiger charge is -2.06. The smallest absolute Gasteiger partial charge is 0.430 e. The molecule has 5 nitrogen and oxygen atoms in total. The normalized spacial score (nSPS) is 18.8. The van der Waals surface area contributed by atoms with Crippen molar-refractivity contribution in [2.24, 2.45) is 0 Å². The molecular formula is C10H7FO5. The molecule has 1 heterocycles. The van der Waals surface area contributed by atoms with E-state index < -0.39 is 24.0 Å². The van der Waals surface area contributed by atoms with Crippen LogP contribution in [-0.4, -0.2) is 24.8 Å². The van der Waals surface area contributed by atoms with E-state index in [2.05, 4.69) is 9.47 Å². The molecule has 0 radical (unpaired) electrons. The topological polar surface area (TPSA) is 61.8 Å². The average Bonchev–Trinajstić information content (AvgIpc) is 2.65. The molecule has 1 aromatic carbocycles. The van der Waals surface area contributed by atoms with Gasteiger partial charge in [-0.15, -0.1) is 0 Å². The molecule has 1 aliphatic rings. The molecule has 0 N–H and O–H groups in total. The maximum Gasteiger partial charge on any atom is 0.509 e. The van der Waals surface area contributed by atoms with Crippen LogP contribution in [0.25, 0.3) is 0 Å². The molecule has 84 valence electrons. The van der Waals surface area contributed by atoms with E-state index in [0.717, 1.165) is 6.07 Å². The van der Waals surface area contributed by atoms with Crippen molar-refractivity contribution in [1.82, 2.24) is 0 Å². The van der Waals surface area contributed by atoms with Crippen LogP contribution in [0.1, 0.15) is 0 Å². The van der Waals surface area contributed by atoms with Gasteiger partial charge in [0.05, 0.1) is 0 Å². The van der Waals surface area contributed by atoms with Crippen LogP contribution in [0.5, 0.6) is 5.75 Å². The minimum atomic E-state index is -1.09. The van der Waals surface area contributed by atoms with Gasteiger partial charge in [0.1, 0.15) is 18.2 Å². The fraction of sp³-hybridized carbons (Fsp3) is 0.200. The summed E-state index contributed by atoms with van der Waals surface area (Å²) in [6.45, 7) is -0.188. The second-order valence-corrected chi connectivity index (χ2v) is 3.05. The predicted molar refractivity (Wildman–Crippen MR) is 48.3 cm³/mol. The van der Waals surface area contributed by atoms with Gasteiger partial charge in [-0.05, 0) is 12.1 Å². The number of benzene rings is 1. The van der Waals surface area contributed by atoms with E-state index in [9.17, 15) is 14.0 Å². The number of cyclic esters (lactones) is 2. The first-order chi connectivity index (χ1) is 7.65. The Morgan fingerprint density at radius 2 is 2.31 bits per heavy atom. The summed E-state index contributed by atoms with van der Waals surface area (Å²) in [5, 5.41) is 0. The molecular weight excluding hydrogens is 219 g/mol. The third kappa shape index (κ3) is 2.28. The summed E-state index contributed by atoms with van der Waals surface area (Å²) < 4.78 is 26.5. The maximum absolute atomic E-state index is 12.8. The predicted octanol–water partition coefficient (Wildman–Crippen LogP) is 1.27. The van der Waals surface area contributed by atoms with Crippen LogP contribution in [0.15, 0.2) is 24.3 Å². The van der Waals surface area contributed by atoms with Crippen LogP contribution in [0.2, 0.25) is 0 Å². The van der Waals surface area contributed by atoms with Crippen molar-refractivity contribution in [2.75, 3.05) is 6.61 Å². The second kappa shape index (κ2) is 4.18. The zero-order chi connectivity index (χ0) is 11.5. The van der Waals surface area contributed by atoms with Crippen LogP contribution >= 0.6 is 0 Å². The molecule has 0 aromatic heterocycles. The third-order valence-corrected chi connectivity index (χ3v) is 1.87. The fourth-order valence-electron chi connectivity index (χ4n) is 1.16. The van der Waals surface area contributed by atoms with Crippen LogP contribution in [0.3, 0.4) is 0 Å². The quantitative estimate of drug-likeness (QED) is 0.561. The highest BCUT2D eigenvalue weighted by Crippen LogP contribution is 2.15. The second-order valence-electron chi connectivity index (χ2n) is 3.05. The summed E-state index contributed by atoms with van der Waals surface area (Å²) in [6, 6.07) is 5.08. The van der Waals surface area contributed by atoms with Crippen LogP contribution in [0.4, 0.5) is 9.18 Å². The molecule has 6 heteroatoms. The van der Waals surface area contributed by atoms with Gasteiger partial charge in [-0.1, -0.05) is 6.07 Å². The number of carbonyl (C=O) groups is 2. The number of halogens is 1. The largest absolute Gasteiger partial charge is 0.509 e. The molecule has 0 aliphatic carbocycles. The Labute approximate surface area is 89.7 Å². The number of rotatable bonds is 2. The van der Waals surface area contributed by atoms with Crippen LogP contribution in [0, 0.1) is 5.82 Å². The Hall–Kier alpha value is -2.11. The van der Waals surface area contributed by atoms with Crippen LogP contribution in [-0.2, 0) is 14.3 Å². The van der Waals surface area contributed by atoms with Gasteiger partial charge in [-0.2, -0.15) is 0 Å². The Bertz CT molecular complexity index is 431. The number of hydrogen-bond acceptors (Lipinski definition) is 5. The Kier molecular flexibility index (Phi) is 2.72. The minimum absolute atomic E-state index is 0.0490. The lowest BCUT2D eigenvalue weighted by Crippen LogP contribution is -2.27. The van der Waals surface area contributed by atoms with E-state index in [1.807, 2.05) is 0 Å². The van der Waals surface area contributed by atoms with Gasteiger partial charge in [-0.25, -0.2) is 14.0 Å². The zero-order valence-electron chi connectivity index (χ0n) is 8.01. The first-order valence-electron chi connectivity index (χ1n) is 4.46. The van der Waals surface area contributed by atoms with Gasteiger partial charge in [0.15, 0.2) is 0 Å². The van der Waals surface area contributed by atoms with Gasteiger partial charge in [0.25, 0.3) is 0 Å². The minimum Gasteiger partial charge on any atom is -0.430 e. The van der Waals surface area contributed by atoms with E-state index in [1.165, 1.54) is 18.2 Å². The van der Waals surface area contributed by atoms with Gasteiger partial charge in [-0.3, -0.25) is 0 Å². The molecule has 1 saturated heterocycles. The summed E-state index contributed by atoms with van der Waals surface area (Å²) in [4.78, 5) is 21.9. The molecule has 0 amide bonds. The molecule has 16 heavy (non-hydrogen) atoms. The molecule has 1 unspecified atom stereocenters. The van der Waals surface area contributed by atoms with E-state index in [-0.39, 0.29) is 12.4 Å². The van der Waals surface area contributed by atoms with Crippen molar-refractivity contribution < 1.29 is 28.2 Å². The highest BCUT2D eigenvalue weighted by atomic mass is 19.1. The first kappa shape index (κ1) is 10.4. The fourth-order valence-corrected chi connectivity index (χ4v) is 1.16. The highest BCUT2D eigenvalue weighted by Gasteiger charge is 2.33. The van der Waals surface area contributed by atoms with Crippen molar-refractivity contribution >= 4 is 12.1 Å². The lowest BCUT2D eigenvalue weighted by atomic mass is 10.3. The van der Waals surface area contributed by atoms with E-state index in [1.54, 1.807) is 0 Å². The molecule has 0 spiro atoms. The zero-order valence-corrected chi connectivity index (χ0v) is 8.01. The van der Waals surface area contributed by atoms with Crippen molar-refractivity contribution in [2.45, 2.75) is 6.10 Å². The van der Waals surface area contributed by atoms with Crippen LogP contribution < -0.4 is 4.74 Å². The highest BCUT2D eigenvalue weighted by molar-refractivity contribution is 5.81. The molecule has 0 saturated carbocycles. The molecule has 1 aromatic rings. The average molecular weight is 226 g/mol. The number of carbonyl (C=O) groups excluding carboxylic acids is 2. The Balaban J connectivity index is 1.99. The summed E-state index contributed by atoms with van der Waals surface area (Å²) in [7, 11) is 0. The van der Waals surface area contributed by atoms with Crippen molar-refractivity contribution in [3.63, 3.8) is 0 Å². The Morgan fingerprint density at radius 3 is 2.94 bits per heavy atom. The van der Waals surface area contributed by atoms with Gasteiger partial charge in [0.2, 0.25) is 6.10 Å². The standard InChI is InChI=1S/C10H7FO5/c11-6-2-1-3-7(4-6)15-9(12)8-5-14-10(13)16-8/h1-4,8H,5H2. The summed E-state index contributed by atoms with van der Waals surface area (Å²) >= 11 is 0. The molecule has 2 rings (SSSR count). The monoisotopic (exact) mass is 226 g/mol. The molecule has 1 aliphatic heterocycles. The first-order valence-corrected chi connectivity index (χ1v) is 4.46. The molecule has 1 fully saturated rings. The molecule has 1 atom stereocenters. The SMILES string of the molecule is O=C1OCC(C(=O)Oc2cccc(F)c2)O1. The number of hydrogen-bond donors (Lipinski definition) is 0. The molecule has 0 bridgehead atoms. The van der Waals surface area contributed by atoms with E-state index >= 15 is 0 Å². The lowest BCUT2D eigenvalue weighted by molar-refractivity contribution is -0.142. The third-order valence-electron chi connectivity index (χ3n) is 1.87. The van der Waals surface area contributed by atoms with Gasteiger partial charge < -0.3 is 14.2 Å². The van der Waals surface area contributed by atoms with Gasteiger partial charge >= 0.3 is 12.1 Å². The summed E-state index contributed by atoms with van der Waals surface area (Å²) in [5.41, 5.74) is 0. The number of esters is 1. The summed E-state index contributed by atoms with van der Waals surface area (Å²) in [5.74, 6) is -1.27. The number of ether oxygens (including phenoxy) is 3. The maximum atomic E-state index is 12.8. The van der Waals surface area contributed by atoms with E-state index in [4.69, 9.17) is 4.74 Å². The van der Waals surface area contributed by atoms with Crippen molar-refractivity contribution in [3.8, 4) is 5.75 Å². The van der Waals surface area contributed by atoms with Crippen molar-refractivity contribution in [1.29, 1.82) is 0 Å².